The van der Waals surface area contributed by atoms with Crippen LogP contribution in [0.25, 0.3) is 16.3 Å². The van der Waals surface area contributed by atoms with Crippen molar-refractivity contribution in [1.82, 2.24) is 5.16 Å². The summed E-state index contributed by atoms with van der Waals surface area (Å²) in [6, 6.07) is 11.0. The summed E-state index contributed by atoms with van der Waals surface area (Å²) in [5, 5.41) is 16.9. The van der Waals surface area contributed by atoms with Gasteiger partial charge in [-0.05, 0) is 61.1 Å². The van der Waals surface area contributed by atoms with Crippen LogP contribution in [0.5, 0.6) is 0 Å². The first kappa shape index (κ1) is 22.7. The number of fused-ring (bicyclic) bond motifs is 2. The zero-order valence-corrected chi connectivity index (χ0v) is 17.7. The zero-order valence-electron chi connectivity index (χ0n) is 17.7. The molecule has 0 bridgehead atoms. The molecule has 0 aliphatic heterocycles. The number of hydrogen-bond acceptors (Lipinski definition) is 5. The third-order valence-corrected chi connectivity index (χ3v) is 5.85. The van der Waals surface area contributed by atoms with Gasteiger partial charge >= 0.3 is 11.8 Å². The molecule has 2 aromatic carbocycles. The Morgan fingerprint density at radius 3 is 2.70 bits per heavy atom. The summed E-state index contributed by atoms with van der Waals surface area (Å²) in [6.45, 7) is 1.55. The average molecular weight is 458 g/mol. The van der Waals surface area contributed by atoms with Crippen LogP contribution in [0, 0.1) is 6.92 Å². The molecule has 172 valence electrons. The van der Waals surface area contributed by atoms with E-state index in [0.29, 0.717) is 29.5 Å². The first-order valence-electron chi connectivity index (χ1n) is 10.4. The van der Waals surface area contributed by atoms with Gasteiger partial charge in [0.1, 0.15) is 0 Å². The van der Waals surface area contributed by atoms with Gasteiger partial charge in [0.05, 0.1) is 11.1 Å². The van der Waals surface area contributed by atoms with Crippen LogP contribution >= 0.6 is 0 Å². The van der Waals surface area contributed by atoms with Crippen LogP contribution in [0.1, 0.15) is 36.1 Å². The second-order valence-corrected chi connectivity index (χ2v) is 8.08. The Hall–Kier alpha value is -3.46. The van der Waals surface area contributed by atoms with Crippen molar-refractivity contribution in [2.24, 2.45) is 0 Å². The Balaban J connectivity index is 1.69. The second-order valence-electron chi connectivity index (χ2n) is 8.08. The fourth-order valence-electron chi connectivity index (χ4n) is 4.02. The van der Waals surface area contributed by atoms with Crippen LogP contribution in [0.15, 0.2) is 57.9 Å². The van der Waals surface area contributed by atoms with Gasteiger partial charge in [0.2, 0.25) is 5.60 Å². The van der Waals surface area contributed by atoms with Gasteiger partial charge in [0.25, 0.3) is 5.91 Å². The lowest BCUT2D eigenvalue weighted by Crippen LogP contribution is -2.54. The first-order valence-corrected chi connectivity index (χ1v) is 10.4. The summed E-state index contributed by atoms with van der Waals surface area (Å²) in [5.74, 6) is -1.61. The minimum atomic E-state index is -5.23. The lowest BCUT2D eigenvalue weighted by molar-refractivity contribution is -0.247. The van der Waals surface area contributed by atoms with E-state index in [0.717, 1.165) is 12.0 Å². The molecule has 1 aromatic heterocycles. The first-order chi connectivity index (χ1) is 15.6. The molecular formula is C24H21F3N2O4. The molecule has 3 aromatic rings. The standard InChI is InChI=1S/C24H21F3N2O4/c1-14-20-12-17(10-11-19(20)21(30)33-29-14)28-22(31)23(32,24(25,26)27)13-16-8-3-2-6-15-7-4-5-9-18(15)16/h4-5,7-12,32H,2-3,6,13H2,1H3,(H,28,31). The zero-order chi connectivity index (χ0) is 23.8. The van der Waals surface area contributed by atoms with E-state index in [-0.39, 0.29) is 16.6 Å². The topological polar surface area (TPSA) is 92.4 Å². The van der Waals surface area contributed by atoms with Crippen molar-refractivity contribution < 1.29 is 27.6 Å². The number of rotatable bonds is 4. The third kappa shape index (κ3) is 4.28. The maximum atomic E-state index is 14.1. The van der Waals surface area contributed by atoms with Crippen molar-refractivity contribution in [3.8, 4) is 0 Å². The highest BCUT2D eigenvalue weighted by molar-refractivity contribution is 6.00. The van der Waals surface area contributed by atoms with Crippen molar-refractivity contribution >= 4 is 27.9 Å². The fraction of sp³-hybridized carbons (Fsp3) is 0.292. The molecule has 0 fully saturated rings. The molecule has 1 aliphatic rings. The van der Waals surface area contributed by atoms with Crippen LogP contribution in [-0.4, -0.2) is 27.9 Å². The number of allylic oxidation sites excluding steroid dienone is 1. The molecule has 1 amide bonds. The van der Waals surface area contributed by atoms with Crippen molar-refractivity contribution in [1.29, 1.82) is 0 Å². The Bertz CT molecular complexity index is 1310. The summed E-state index contributed by atoms with van der Waals surface area (Å²) in [5.41, 5.74) is -2.30. The van der Waals surface area contributed by atoms with Gasteiger partial charge in [0.15, 0.2) is 0 Å². The molecule has 6 nitrogen and oxygen atoms in total. The minimum absolute atomic E-state index is 0.0130. The number of carbonyl (C=O) groups is 1. The molecular weight excluding hydrogens is 437 g/mol. The predicted octanol–water partition coefficient (Wildman–Crippen LogP) is 4.54. The number of amides is 1. The van der Waals surface area contributed by atoms with Gasteiger partial charge in [-0.2, -0.15) is 13.2 Å². The number of alkyl halides is 3. The highest BCUT2D eigenvalue weighted by atomic mass is 19.4. The van der Waals surface area contributed by atoms with Crippen molar-refractivity contribution in [2.45, 2.75) is 44.4 Å². The Labute approximate surface area is 186 Å². The number of halogens is 3. The SMILES string of the molecule is Cc1noc(=O)c2ccc(NC(=O)C(O)(CC3=CCCCc4ccccc43)C(F)(F)F)cc12. The van der Waals surface area contributed by atoms with Crippen LogP contribution in [0.4, 0.5) is 18.9 Å². The van der Waals surface area contributed by atoms with Crippen LogP contribution < -0.4 is 10.9 Å². The van der Waals surface area contributed by atoms with Crippen molar-refractivity contribution in [3.63, 3.8) is 0 Å². The van der Waals surface area contributed by atoms with Gasteiger partial charge in [-0.3, -0.25) is 4.79 Å². The summed E-state index contributed by atoms with van der Waals surface area (Å²) in [7, 11) is 0. The van der Waals surface area contributed by atoms with Crippen molar-refractivity contribution in [2.75, 3.05) is 5.32 Å². The number of nitrogens with one attached hydrogen (secondary N) is 1. The molecule has 1 aliphatic carbocycles. The molecule has 1 heterocycles. The third-order valence-electron chi connectivity index (χ3n) is 5.85. The van der Waals surface area contributed by atoms with E-state index in [1.807, 2.05) is 12.1 Å². The number of benzene rings is 2. The van der Waals surface area contributed by atoms with Gasteiger partial charge in [-0.15, -0.1) is 0 Å². The van der Waals surface area contributed by atoms with E-state index in [1.54, 1.807) is 25.1 Å². The van der Waals surface area contributed by atoms with E-state index in [1.165, 1.54) is 18.2 Å². The van der Waals surface area contributed by atoms with E-state index < -0.39 is 29.7 Å². The minimum Gasteiger partial charge on any atom is -0.372 e. The highest BCUT2D eigenvalue weighted by Gasteiger charge is 2.59. The molecule has 0 spiro atoms. The number of aryl methyl sites for hydroxylation is 2. The summed E-state index contributed by atoms with van der Waals surface area (Å²) >= 11 is 0. The smallest absolute Gasteiger partial charge is 0.372 e. The van der Waals surface area contributed by atoms with E-state index in [9.17, 15) is 27.9 Å². The summed E-state index contributed by atoms with van der Waals surface area (Å²) in [6.07, 6.45) is -2.49. The number of nitrogens with zero attached hydrogens (tertiary/aromatic N) is 1. The molecule has 1 unspecified atom stereocenters. The Kier molecular flexibility index (Phi) is 5.84. The Morgan fingerprint density at radius 1 is 1.18 bits per heavy atom. The van der Waals surface area contributed by atoms with Gasteiger partial charge in [0, 0.05) is 17.5 Å². The average Bonchev–Trinajstić information content (AvgIpc) is 2.98. The van der Waals surface area contributed by atoms with Crippen LogP contribution in [0.3, 0.4) is 0 Å². The molecule has 2 N–H and O–H groups in total. The van der Waals surface area contributed by atoms with Gasteiger partial charge in [-0.25, -0.2) is 4.79 Å². The highest BCUT2D eigenvalue weighted by Crippen LogP contribution is 2.40. The molecule has 4 rings (SSSR count). The number of aliphatic hydroxyl groups is 1. The largest absolute Gasteiger partial charge is 0.426 e. The molecule has 1 atom stereocenters. The summed E-state index contributed by atoms with van der Waals surface area (Å²) in [4.78, 5) is 24.6. The quantitative estimate of drug-likeness (QED) is 0.599. The van der Waals surface area contributed by atoms with Gasteiger partial charge in [-0.1, -0.05) is 35.5 Å². The second kappa shape index (κ2) is 8.47. The van der Waals surface area contributed by atoms with Crippen LogP contribution in [-0.2, 0) is 11.2 Å². The van der Waals surface area contributed by atoms with Gasteiger partial charge < -0.3 is 14.9 Å². The molecule has 33 heavy (non-hydrogen) atoms. The Morgan fingerprint density at radius 2 is 1.94 bits per heavy atom. The van der Waals surface area contributed by atoms with E-state index >= 15 is 0 Å². The lowest BCUT2D eigenvalue weighted by Gasteiger charge is -2.30. The maximum absolute atomic E-state index is 14.1. The predicted molar refractivity (Wildman–Crippen MR) is 117 cm³/mol. The summed E-state index contributed by atoms with van der Waals surface area (Å²) < 4.78 is 46.8. The number of anilines is 1. The molecule has 0 radical (unpaired) electrons. The van der Waals surface area contributed by atoms with E-state index in [4.69, 9.17) is 0 Å². The van der Waals surface area contributed by atoms with E-state index in [2.05, 4.69) is 15.0 Å². The number of hydrogen-bond donors (Lipinski definition) is 2. The monoisotopic (exact) mass is 458 g/mol. The van der Waals surface area contributed by atoms with Crippen molar-refractivity contribution in [3.05, 3.63) is 75.8 Å². The molecule has 0 saturated carbocycles. The molecule has 9 heteroatoms. The normalized spacial score (nSPS) is 15.8. The number of carbonyl (C=O) groups excluding carboxylic acids is 1. The number of aromatic nitrogens is 1. The maximum Gasteiger partial charge on any atom is 0.426 e. The fourth-order valence-corrected chi connectivity index (χ4v) is 4.02. The molecule has 0 saturated heterocycles. The van der Waals surface area contributed by atoms with Crippen LogP contribution in [0.2, 0.25) is 0 Å². The lowest BCUT2D eigenvalue weighted by atomic mass is 9.87.